The number of hydrogen-bond acceptors (Lipinski definition) is 5. The van der Waals surface area contributed by atoms with Crippen LogP contribution in [-0.2, 0) is 16.1 Å². The SMILES string of the molecule is N/C(=N\OC(=O)c1ccccc1)c1ccc(CN2CCOCC2)cc1. The van der Waals surface area contributed by atoms with Gasteiger partial charge in [0.15, 0.2) is 5.84 Å². The molecule has 0 aromatic heterocycles. The third kappa shape index (κ3) is 4.89. The van der Waals surface area contributed by atoms with Gasteiger partial charge in [0.25, 0.3) is 0 Å². The Bertz CT molecular complexity index is 723. The van der Waals surface area contributed by atoms with Gasteiger partial charge >= 0.3 is 5.97 Å². The van der Waals surface area contributed by atoms with E-state index in [1.165, 1.54) is 5.56 Å². The van der Waals surface area contributed by atoms with E-state index in [9.17, 15) is 4.79 Å². The minimum absolute atomic E-state index is 0.169. The molecule has 2 N–H and O–H groups in total. The maximum Gasteiger partial charge on any atom is 0.365 e. The molecular formula is C19H21N3O3. The third-order valence-electron chi connectivity index (χ3n) is 4.00. The van der Waals surface area contributed by atoms with Crippen LogP contribution in [0, 0.1) is 0 Å². The normalized spacial score (nSPS) is 15.8. The van der Waals surface area contributed by atoms with Crippen LogP contribution in [0.3, 0.4) is 0 Å². The zero-order valence-electron chi connectivity index (χ0n) is 13.9. The summed E-state index contributed by atoms with van der Waals surface area (Å²) in [4.78, 5) is 19.1. The van der Waals surface area contributed by atoms with E-state index in [2.05, 4.69) is 10.1 Å². The van der Waals surface area contributed by atoms with Gasteiger partial charge in [0.1, 0.15) is 0 Å². The lowest BCUT2D eigenvalue weighted by molar-refractivity contribution is 0.0342. The van der Waals surface area contributed by atoms with E-state index in [4.69, 9.17) is 15.3 Å². The highest BCUT2D eigenvalue weighted by Crippen LogP contribution is 2.10. The fourth-order valence-electron chi connectivity index (χ4n) is 2.57. The topological polar surface area (TPSA) is 77.2 Å². The maximum atomic E-state index is 11.9. The van der Waals surface area contributed by atoms with Crippen LogP contribution < -0.4 is 5.73 Å². The molecule has 6 heteroatoms. The van der Waals surface area contributed by atoms with Crippen LogP contribution in [0.5, 0.6) is 0 Å². The van der Waals surface area contributed by atoms with Crippen molar-refractivity contribution >= 4 is 11.8 Å². The Labute approximate surface area is 146 Å². The molecule has 3 rings (SSSR count). The number of hydrogen-bond donors (Lipinski definition) is 1. The Balaban J connectivity index is 1.58. The monoisotopic (exact) mass is 339 g/mol. The molecule has 1 aliphatic heterocycles. The first kappa shape index (κ1) is 17.1. The fourth-order valence-corrected chi connectivity index (χ4v) is 2.57. The van der Waals surface area contributed by atoms with Crippen LogP contribution >= 0.6 is 0 Å². The Morgan fingerprint density at radius 3 is 2.40 bits per heavy atom. The minimum Gasteiger partial charge on any atom is -0.380 e. The second kappa shape index (κ2) is 8.41. The summed E-state index contributed by atoms with van der Waals surface area (Å²) < 4.78 is 5.35. The molecule has 0 unspecified atom stereocenters. The summed E-state index contributed by atoms with van der Waals surface area (Å²) in [6, 6.07) is 16.4. The van der Waals surface area contributed by atoms with Crippen molar-refractivity contribution in [3.8, 4) is 0 Å². The Morgan fingerprint density at radius 2 is 1.72 bits per heavy atom. The van der Waals surface area contributed by atoms with Gasteiger partial charge < -0.3 is 15.3 Å². The van der Waals surface area contributed by atoms with Gasteiger partial charge in [-0.1, -0.05) is 47.6 Å². The quantitative estimate of drug-likeness (QED) is 0.390. The van der Waals surface area contributed by atoms with Crippen LogP contribution in [0.4, 0.5) is 0 Å². The number of rotatable bonds is 5. The average Bonchev–Trinajstić information content (AvgIpc) is 2.68. The predicted octanol–water partition coefficient (Wildman–Crippen LogP) is 2.00. The molecule has 0 bridgehead atoms. The van der Waals surface area contributed by atoms with E-state index in [0.29, 0.717) is 11.1 Å². The summed E-state index contributed by atoms with van der Waals surface area (Å²) in [6.07, 6.45) is 0. The molecule has 2 aromatic rings. The smallest absolute Gasteiger partial charge is 0.365 e. The lowest BCUT2D eigenvalue weighted by atomic mass is 10.1. The van der Waals surface area contributed by atoms with Crippen molar-refractivity contribution in [2.75, 3.05) is 26.3 Å². The van der Waals surface area contributed by atoms with Crippen LogP contribution in [0.15, 0.2) is 59.8 Å². The summed E-state index contributed by atoms with van der Waals surface area (Å²) in [5.41, 5.74) is 8.24. The van der Waals surface area contributed by atoms with Crippen molar-refractivity contribution in [3.63, 3.8) is 0 Å². The second-order valence-electron chi connectivity index (χ2n) is 5.81. The molecule has 1 fully saturated rings. The van der Waals surface area contributed by atoms with Crippen LogP contribution in [0.1, 0.15) is 21.5 Å². The van der Waals surface area contributed by atoms with E-state index >= 15 is 0 Å². The number of carbonyl (C=O) groups excluding carboxylic acids is 1. The number of carbonyl (C=O) groups is 1. The van der Waals surface area contributed by atoms with E-state index in [1.807, 2.05) is 30.3 Å². The largest absolute Gasteiger partial charge is 0.380 e. The summed E-state index contributed by atoms with van der Waals surface area (Å²) in [6.45, 7) is 4.33. The standard InChI is InChI=1S/C19H21N3O3/c20-18(21-25-19(23)17-4-2-1-3-5-17)16-8-6-15(7-9-16)14-22-10-12-24-13-11-22/h1-9H,10-14H2,(H2,20,21). The highest BCUT2D eigenvalue weighted by Gasteiger charge is 2.11. The molecule has 130 valence electrons. The molecule has 0 radical (unpaired) electrons. The Hall–Kier alpha value is -2.70. The number of oxime groups is 1. The molecule has 1 heterocycles. The summed E-state index contributed by atoms with van der Waals surface area (Å²) in [7, 11) is 0. The molecule has 0 aliphatic carbocycles. The van der Waals surface area contributed by atoms with E-state index in [-0.39, 0.29) is 5.84 Å². The van der Waals surface area contributed by atoms with Gasteiger partial charge in [0.05, 0.1) is 18.8 Å². The van der Waals surface area contributed by atoms with Gasteiger partial charge in [-0.25, -0.2) is 4.79 Å². The van der Waals surface area contributed by atoms with Crippen molar-refractivity contribution < 1.29 is 14.4 Å². The van der Waals surface area contributed by atoms with Crippen molar-refractivity contribution in [3.05, 3.63) is 71.3 Å². The highest BCUT2D eigenvalue weighted by atomic mass is 16.7. The Kier molecular flexibility index (Phi) is 5.77. The van der Waals surface area contributed by atoms with Gasteiger partial charge in [0.2, 0.25) is 0 Å². The molecule has 0 atom stereocenters. The van der Waals surface area contributed by atoms with Crippen LogP contribution in [-0.4, -0.2) is 43.0 Å². The van der Waals surface area contributed by atoms with Gasteiger partial charge in [-0.2, -0.15) is 0 Å². The molecule has 0 saturated carbocycles. The second-order valence-corrected chi connectivity index (χ2v) is 5.81. The molecule has 0 spiro atoms. The van der Waals surface area contributed by atoms with Crippen molar-refractivity contribution in [2.24, 2.45) is 10.9 Å². The third-order valence-corrected chi connectivity index (χ3v) is 4.00. The first-order valence-corrected chi connectivity index (χ1v) is 8.21. The first-order chi connectivity index (χ1) is 12.2. The first-order valence-electron chi connectivity index (χ1n) is 8.21. The molecule has 1 aliphatic rings. The number of amidine groups is 1. The maximum absolute atomic E-state index is 11.9. The zero-order chi connectivity index (χ0) is 17.5. The summed E-state index contributed by atoms with van der Waals surface area (Å²) in [5, 5.41) is 3.73. The van der Waals surface area contributed by atoms with E-state index < -0.39 is 5.97 Å². The van der Waals surface area contributed by atoms with Gasteiger partial charge in [0, 0.05) is 25.2 Å². The summed E-state index contributed by atoms with van der Waals surface area (Å²) in [5.74, 6) is -0.366. The molecule has 0 amide bonds. The van der Waals surface area contributed by atoms with Gasteiger partial charge in [-0.05, 0) is 17.7 Å². The molecular weight excluding hydrogens is 318 g/mol. The van der Waals surface area contributed by atoms with E-state index in [1.54, 1.807) is 24.3 Å². The lowest BCUT2D eigenvalue weighted by Crippen LogP contribution is -2.35. The van der Waals surface area contributed by atoms with Gasteiger partial charge in [-0.15, -0.1) is 0 Å². The molecule has 1 saturated heterocycles. The number of nitrogens with zero attached hydrogens (tertiary/aromatic N) is 2. The van der Waals surface area contributed by atoms with Crippen LogP contribution in [0.2, 0.25) is 0 Å². The van der Waals surface area contributed by atoms with E-state index in [0.717, 1.165) is 32.8 Å². The molecule has 6 nitrogen and oxygen atoms in total. The number of morpholine rings is 1. The minimum atomic E-state index is -0.535. The van der Waals surface area contributed by atoms with Crippen molar-refractivity contribution in [1.82, 2.24) is 4.90 Å². The zero-order valence-corrected chi connectivity index (χ0v) is 13.9. The van der Waals surface area contributed by atoms with Crippen molar-refractivity contribution in [2.45, 2.75) is 6.54 Å². The highest BCUT2D eigenvalue weighted by molar-refractivity contribution is 5.98. The fraction of sp³-hybridized carbons (Fsp3) is 0.263. The summed E-state index contributed by atoms with van der Waals surface area (Å²) >= 11 is 0. The number of nitrogens with two attached hydrogens (primary N) is 1. The Morgan fingerprint density at radius 1 is 1.04 bits per heavy atom. The van der Waals surface area contributed by atoms with Crippen molar-refractivity contribution in [1.29, 1.82) is 0 Å². The average molecular weight is 339 g/mol. The predicted molar refractivity (Wildman–Crippen MR) is 95.1 cm³/mol. The molecule has 2 aromatic carbocycles. The number of benzene rings is 2. The van der Waals surface area contributed by atoms with Crippen LogP contribution in [0.25, 0.3) is 0 Å². The van der Waals surface area contributed by atoms with Gasteiger partial charge in [-0.3, -0.25) is 4.90 Å². The molecule has 25 heavy (non-hydrogen) atoms. The number of ether oxygens (including phenoxy) is 1. The lowest BCUT2D eigenvalue weighted by Gasteiger charge is -2.26.